The van der Waals surface area contributed by atoms with Gasteiger partial charge in [0.15, 0.2) is 0 Å². The molecule has 1 rings (SSSR count). The summed E-state index contributed by atoms with van der Waals surface area (Å²) in [6.45, 7) is 2.75. The molecular formula is C12H16F3NO. The van der Waals surface area contributed by atoms with Crippen molar-refractivity contribution in [2.24, 2.45) is 0 Å². The first-order valence-electron chi connectivity index (χ1n) is 5.48. The van der Waals surface area contributed by atoms with Gasteiger partial charge in [-0.05, 0) is 12.5 Å². The van der Waals surface area contributed by atoms with E-state index in [4.69, 9.17) is 4.74 Å². The summed E-state index contributed by atoms with van der Waals surface area (Å²) in [6.07, 6.45) is -4.30. The third-order valence-corrected chi connectivity index (χ3v) is 2.26. The molecule has 1 aromatic rings. The summed E-state index contributed by atoms with van der Waals surface area (Å²) in [4.78, 5) is 0. The van der Waals surface area contributed by atoms with Gasteiger partial charge in [-0.15, -0.1) is 0 Å². The minimum Gasteiger partial charge on any atom is -0.380 e. The Morgan fingerprint density at radius 3 is 2.41 bits per heavy atom. The van der Waals surface area contributed by atoms with Crippen LogP contribution in [0.25, 0.3) is 0 Å². The highest BCUT2D eigenvalue weighted by molar-refractivity contribution is 5.20. The molecule has 0 aliphatic carbocycles. The van der Waals surface area contributed by atoms with Crippen molar-refractivity contribution >= 4 is 0 Å². The molecule has 0 saturated carbocycles. The van der Waals surface area contributed by atoms with E-state index in [1.165, 1.54) is 12.1 Å². The molecule has 1 N–H and O–H groups in total. The second kappa shape index (κ2) is 6.61. The molecule has 0 amide bonds. The Balaban J connectivity index is 2.63. The largest absolute Gasteiger partial charge is 0.407 e. The average Bonchev–Trinajstić information content (AvgIpc) is 2.28. The zero-order valence-electron chi connectivity index (χ0n) is 9.63. The number of halogens is 3. The Hall–Kier alpha value is -1.07. The number of rotatable bonds is 6. The maximum absolute atomic E-state index is 12.8. The number of hydrogen-bond donors (Lipinski definition) is 1. The topological polar surface area (TPSA) is 21.3 Å². The fourth-order valence-corrected chi connectivity index (χ4v) is 1.49. The van der Waals surface area contributed by atoms with E-state index in [1.54, 1.807) is 25.1 Å². The van der Waals surface area contributed by atoms with Gasteiger partial charge >= 0.3 is 6.18 Å². The lowest BCUT2D eigenvalue weighted by molar-refractivity contribution is -0.158. The van der Waals surface area contributed by atoms with Crippen molar-refractivity contribution in [1.29, 1.82) is 0 Å². The van der Waals surface area contributed by atoms with Gasteiger partial charge in [-0.1, -0.05) is 30.3 Å². The van der Waals surface area contributed by atoms with Crippen molar-refractivity contribution < 1.29 is 17.9 Å². The van der Waals surface area contributed by atoms with Gasteiger partial charge in [0.05, 0.1) is 6.61 Å². The van der Waals surface area contributed by atoms with Gasteiger partial charge in [0.25, 0.3) is 0 Å². The van der Waals surface area contributed by atoms with Crippen LogP contribution in [-0.2, 0) is 4.74 Å². The van der Waals surface area contributed by atoms with E-state index in [0.717, 1.165) is 0 Å². The molecule has 0 aliphatic rings. The van der Waals surface area contributed by atoms with Gasteiger partial charge in [-0.2, -0.15) is 13.2 Å². The summed E-state index contributed by atoms with van der Waals surface area (Å²) in [5.41, 5.74) is 0.219. The highest BCUT2D eigenvalue weighted by Gasteiger charge is 2.40. The highest BCUT2D eigenvalue weighted by atomic mass is 19.4. The SMILES string of the molecule is CCOCCNC(c1ccccc1)C(F)(F)F. The number of nitrogens with one attached hydrogen (secondary N) is 1. The number of alkyl halides is 3. The predicted molar refractivity (Wildman–Crippen MR) is 59.7 cm³/mol. The first-order valence-corrected chi connectivity index (χ1v) is 5.48. The van der Waals surface area contributed by atoms with Crippen LogP contribution < -0.4 is 5.32 Å². The molecule has 0 bridgehead atoms. The van der Waals surface area contributed by atoms with E-state index in [2.05, 4.69) is 5.32 Å². The van der Waals surface area contributed by atoms with Crippen molar-refractivity contribution in [3.63, 3.8) is 0 Å². The third kappa shape index (κ3) is 4.75. The average molecular weight is 247 g/mol. The van der Waals surface area contributed by atoms with Crippen LogP contribution in [-0.4, -0.2) is 25.9 Å². The molecule has 0 aliphatic heterocycles. The van der Waals surface area contributed by atoms with Crippen molar-refractivity contribution in [1.82, 2.24) is 5.32 Å². The van der Waals surface area contributed by atoms with Crippen LogP contribution in [0.5, 0.6) is 0 Å². The molecule has 1 atom stereocenters. The second-order valence-corrected chi connectivity index (χ2v) is 3.54. The molecule has 0 spiro atoms. The van der Waals surface area contributed by atoms with E-state index in [-0.39, 0.29) is 18.7 Å². The summed E-state index contributed by atoms with van der Waals surface area (Å²) in [6, 6.07) is 6.18. The first-order chi connectivity index (χ1) is 8.05. The summed E-state index contributed by atoms with van der Waals surface area (Å²) in [7, 11) is 0. The lowest BCUT2D eigenvalue weighted by Gasteiger charge is -2.22. The molecular weight excluding hydrogens is 231 g/mol. The quantitative estimate of drug-likeness (QED) is 0.780. The van der Waals surface area contributed by atoms with E-state index in [1.807, 2.05) is 0 Å². The summed E-state index contributed by atoms with van der Waals surface area (Å²) < 4.78 is 43.4. The maximum atomic E-state index is 12.8. The zero-order valence-corrected chi connectivity index (χ0v) is 9.63. The molecule has 0 fully saturated rings. The number of ether oxygens (including phenoxy) is 1. The van der Waals surface area contributed by atoms with E-state index < -0.39 is 12.2 Å². The van der Waals surface area contributed by atoms with Gasteiger partial charge in [-0.3, -0.25) is 0 Å². The monoisotopic (exact) mass is 247 g/mol. The molecule has 1 aromatic carbocycles. The highest BCUT2D eigenvalue weighted by Crippen LogP contribution is 2.32. The first kappa shape index (κ1) is 14.0. The minimum absolute atomic E-state index is 0.174. The van der Waals surface area contributed by atoms with Crippen molar-refractivity contribution in [3.8, 4) is 0 Å². The predicted octanol–water partition coefficient (Wildman–Crippen LogP) is 2.92. The molecule has 0 aromatic heterocycles. The van der Waals surface area contributed by atoms with Crippen LogP contribution in [0.1, 0.15) is 18.5 Å². The van der Waals surface area contributed by atoms with Gasteiger partial charge < -0.3 is 10.1 Å². The summed E-state index contributed by atoms with van der Waals surface area (Å²) >= 11 is 0. The van der Waals surface area contributed by atoms with Gasteiger partial charge in [0.2, 0.25) is 0 Å². The fraction of sp³-hybridized carbons (Fsp3) is 0.500. The maximum Gasteiger partial charge on any atom is 0.407 e. The smallest absolute Gasteiger partial charge is 0.380 e. The van der Waals surface area contributed by atoms with Crippen LogP contribution in [0.4, 0.5) is 13.2 Å². The molecule has 17 heavy (non-hydrogen) atoms. The van der Waals surface area contributed by atoms with Gasteiger partial charge in [0, 0.05) is 13.2 Å². The van der Waals surface area contributed by atoms with Crippen molar-refractivity contribution in [2.45, 2.75) is 19.1 Å². The molecule has 0 heterocycles. The Kier molecular flexibility index (Phi) is 5.44. The Morgan fingerprint density at radius 1 is 1.24 bits per heavy atom. The zero-order chi connectivity index (χ0) is 12.7. The Labute approximate surface area is 98.8 Å². The molecule has 1 unspecified atom stereocenters. The Morgan fingerprint density at radius 2 is 1.88 bits per heavy atom. The van der Waals surface area contributed by atoms with Crippen LogP contribution in [0.2, 0.25) is 0 Å². The van der Waals surface area contributed by atoms with Crippen molar-refractivity contribution in [3.05, 3.63) is 35.9 Å². The van der Waals surface area contributed by atoms with Crippen LogP contribution in [0, 0.1) is 0 Å². The van der Waals surface area contributed by atoms with Crippen molar-refractivity contribution in [2.75, 3.05) is 19.8 Å². The molecule has 2 nitrogen and oxygen atoms in total. The van der Waals surface area contributed by atoms with Gasteiger partial charge in [0.1, 0.15) is 6.04 Å². The molecule has 5 heteroatoms. The molecule has 96 valence electrons. The lowest BCUT2D eigenvalue weighted by Crippen LogP contribution is -2.36. The fourth-order valence-electron chi connectivity index (χ4n) is 1.49. The molecule has 0 saturated heterocycles. The van der Waals surface area contributed by atoms with Crippen LogP contribution in [0.15, 0.2) is 30.3 Å². The van der Waals surface area contributed by atoms with E-state index in [9.17, 15) is 13.2 Å². The number of benzene rings is 1. The second-order valence-electron chi connectivity index (χ2n) is 3.54. The van der Waals surface area contributed by atoms with E-state index in [0.29, 0.717) is 6.61 Å². The lowest BCUT2D eigenvalue weighted by atomic mass is 10.1. The van der Waals surface area contributed by atoms with Gasteiger partial charge in [-0.25, -0.2) is 0 Å². The van der Waals surface area contributed by atoms with Crippen LogP contribution >= 0.6 is 0 Å². The standard InChI is InChI=1S/C12H16F3NO/c1-2-17-9-8-16-11(12(13,14)15)10-6-4-3-5-7-10/h3-7,11,16H,2,8-9H2,1H3. The normalized spacial score (nSPS) is 13.6. The van der Waals surface area contributed by atoms with E-state index >= 15 is 0 Å². The third-order valence-electron chi connectivity index (χ3n) is 2.26. The van der Waals surface area contributed by atoms with Crippen LogP contribution in [0.3, 0.4) is 0 Å². The summed E-state index contributed by atoms with van der Waals surface area (Å²) in [5.74, 6) is 0. The minimum atomic E-state index is -4.30. The number of hydrogen-bond acceptors (Lipinski definition) is 2. The summed E-state index contributed by atoms with van der Waals surface area (Å²) in [5, 5.41) is 2.46. The Bertz CT molecular complexity index is 313. The molecule has 0 radical (unpaired) electrons.